The van der Waals surface area contributed by atoms with Crippen molar-refractivity contribution < 1.29 is 13.9 Å². The normalized spacial score (nSPS) is 30.1. The van der Waals surface area contributed by atoms with Crippen LogP contribution in [0.2, 0.25) is 0 Å². The molecule has 0 saturated carbocycles. The third-order valence-electron chi connectivity index (χ3n) is 2.50. The van der Waals surface area contributed by atoms with Gasteiger partial charge in [0.1, 0.15) is 12.0 Å². The van der Waals surface area contributed by atoms with Crippen molar-refractivity contribution in [3.8, 4) is 0 Å². The quantitative estimate of drug-likeness (QED) is 0.839. The highest BCUT2D eigenvalue weighted by Crippen LogP contribution is 2.20. The summed E-state index contributed by atoms with van der Waals surface area (Å²) < 4.78 is 23.7. The van der Waals surface area contributed by atoms with E-state index < -0.39 is 0 Å². The second kappa shape index (κ2) is 4.80. The molecule has 2 rings (SSSR count). The zero-order chi connectivity index (χ0) is 11.5. The van der Waals surface area contributed by atoms with E-state index >= 15 is 0 Å². The Labute approximate surface area is 94.6 Å². The molecule has 1 aliphatic heterocycles. The lowest BCUT2D eigenvalue weighted by Gasteiger charge is -2.33. The van der Waals surface area contributed by atoms with Gasteiger partial charge in [-0.3, -0.25) is 0 Å². The number of nitrogens with one attached hydrogen (secondary N) is 1. The molecule has 0 amide bonds. The lowest BCUT2D eigenvalue weighted by molar-refractivity contribution is -0.222. The van der Waals surface area contributed by atoms with E-state index in [1.165, 1.54) is 12.1 Å². The highest BCUT2D eigenvalue weighted by Gasteiger charge is 2.24. The molecule has 1 aromatic carbocycles. The minimum atomic E-state index is -0.236. The summed E-state index contributed by atoms with van der Waals surface area (Å²) in [6.45, 7) is 3.88. The average molecular weight is 225 g/mol. The summed E-state index contributed by atoms with van der Waals surface area (Å²) in [5.41, 5.74) is 0.854. The van der Waals surface area contributed by atoms with Crippen molar-refractivity contribution in [2.75, 3.05) is 5.32 Å². The van der Waals surface area contributed by atoms with E-state index in [0.717, 1.165) is 12.1 Å². The van der Waals surface area contributed by atoms with Crippen LogP contribution in [-0.2, 0) is 9.47 Å². The van der Waals surface area contributed by atoms with Gasteiger partial charge in [-0.15, -0.1) is 0 Å². The third kappa shape index (κ3) is 2.93. The topological polar surface area (TPSA) is 30.5 Å². The number of halogens is 1. The van der Waals surface area contributed by atoms with E-state index in [0.29, 0.717) is 0 Å². The maximum atomic E-state index is 12.7. The Hall–Kier alpha value is -1.13. The molecule has 88 valence electrons. The van der Waals surface area contributed by atoms with Gasteiger partial charge in [-0.05, 0) is 38.1 Å². The first-order chi connectivity index (χ1) is 7.63. The molecular weight excluding hydrogens is 209 g/mol. The lowest BCUT2D eigenvalue weighted by Crippen LogP contribution is -2.39. The Morgan fingerprint density at radius 3 is 2.50 bits per heavy atom. The first kappa shape index (κ1) is 11.4. The number of hydrogen-bond acceptors (Lipinski definition) is 3. The van der Waals surface area contributed by atoms with E-state index in [1.807, 2.05) is 13.8 Å². The van der Waals surface area contributed by atoms with Crippen LogP contribution >= 0.6 is 0 Å². The number of anilines is 1. The van der Waals surface area contributed by atoms with Crippen LogP contribution in [0.25, 0.3) is 0 Å². The SMILES string of the molecule is C[C@H]1O[C@@H](C)C[C@@H](Nc2ccc(F)cc2)O1. The van der Waals surface area contributed by atoms with Crippen LogP contribution in [0, 0.1) is 5.82 Å². The van der Waals surface area contributed by atoms with Crippen molar-refractivity contribution in [3.05, 3.63) is 30.1 Å². The summed E-state index contributed by atoms with van der Waals surface area (Å²) in [7, 11) is 0. The second-order valence-electron chi connectivity index (χ2n) is 4.03. The lowest BCUT2D eigenvalue weighted by atomic mass is 10.2. The van der Waals surface area contributed by atoms with Crippen LogP contribution < -0.4 is 5.32 Å². The first-order valence-electron chi connectivity index (χ1n) is 5.46. The zero-order valence-corrected chi connectivity index (χ0v) is 9.44. The molecule has 0 bridgehead atoms. The van der Waals surface area contributed by atoms with Crippen molar-refractivity contribution in [2.45, 2.75) is 38.9 Å². The summed E-state index contributed by atoms with van der Waals surface area (Å²) in [5, 5.41) is 3.20. The van der Waals surface area contributed by atoms with Gasteiger partial charge in [-0.2, -0.15) is 0 Å². The van der Waals surface area contributed by atoms with E-state index in [-0.39, 0.29) is 24.4 Å². The van der Waals surface area contributed by atoms with Crippen LogP contribution in [0.5, 0.6) is 0 Å². The predicted molar refractivity (Wildman–Crippen MR) is 59.5 cm³/mol. The van der Waals surface area contributed by atoms with E-state index in [9.17, 15) is 4.39 Å². The van der Waals surface area contributed by atoms with Crippen LogP contribution in [0.3, 0.4) is 0 Å². The summed E-state index contributed by atoms with van der Waals surface area (Å²) in [6, 6.07) is 6.25. The Morgan fingerprint density at radius 1 is 1.19 bits per heavy atom. The van der Waals surface area contributed by atoms with E-state index in [1.54, 1.807) is 12.1 Å². The van der Waals surface area contributed by atoms with Crippen LogP contribution in [0.1, 0.15) is 20.3 Å². The van der Waals surface area contributed by atoms with Gasteiger partial charge in [0, 0.05) is 12.1 Å². The Balaban J connectivity index is 1.96. The van der Waals surface area contributed by atoms with Gasteiger partial charge in [0.25, 0.3) is 0 Å². The Morgan fingerprint density at radius 2 is 1.88 bits per heavy atom. The van der Waals surface area contributed by atoms with Crippen LogP contribution in [0.15, 0.2) is 24.3 Å². The summed E-state index contributed by atoms with van der Waals surface area (Å²) in [5.74, 6) is -0.236. The summed E-state index contributed by atoms with van der Waals surface area (Å²) in [6.07, 6.45) is 0.662. The number of hydrogen-bond donors (Lipinski definition) is 1. The zero-order valence-electron chi connectivity index (χ0n) is 9.44. The third-order valence-corrected chi connectivity index (χ3v) is 2.50. The fourth-order valence-corrected chi connectivity index (χ4v) is 1.83. The van der Waals surface area contributed by atoms with Crippen molar-refractivity contribution in [3.63, 3.8) is 0 Å². The molecule has 3 nitrogen and oxygen atoms in total. The minimum Gasteiger partial charge on any atom is -0.360 e. The smallest absolute Gasteiger partial charge is 0.157 e. The molecule has 16 heavy (non-hydrogen) atoms. The van der Waals surface area contributed by atoms with Crippen molar-refractivity contribution >= 4 is 5.69 Å². The van der Waals surface area contributed by atoms with Gasteiger partial charge in [-0.25, -0.2) is 4.39 Å². The van der Waals surface area contributed by atoms with Gasteiger partial charge < -0.3 is 14.8 Å². The van der Waals surface area contributed by atoms with E-state index in [2.05, 4.69) is 5.32 Å². The minimum absolute atomic E-state index is 0.0794. The van der Waals surface area contributed by atoms with Crippen molar-refractivity contribution in [1.82, 2.24) is 0 Å². The standard InChI is InChI=1S/C12H16FNO2/c1-8-7-12(16-9(2)15-8)14-11-5-3-10(13)4-6-11/h3-6,8-9,12,14H,7H2,1-2H3/t8-,9-,12-/m0/s1. The maximum absolute atomic E-state index is 12.7. The van der Waals surface area contributed by atoms with Gasteiger partial charge in [0.15, 0.2) is 6.29 Å². The molecule has 1 fully saturated rings. The monoisotopic (exact) mass is 225 g/mol. The van der Waals surface area contributed by atoms with Crippen molar-refractivity contribution in [2.24, 2.45) is 0 Å². The molecule has 1 N–H and O–H groups in total. The largest absolute Gasteiger partial charge is 0.360 e. The molecule has 1 heterocycles. The number of ether oxygens (including phenoxy) is 2. The number of rotatable bonds is 2. The van der Waals surface area contributed by atoms with E-state index in [4.69, 9.17) is 9.47 Å². The molecule has 0 spiro atoms. The molecule has 1 saturated heterocycles. The molecule has 0 aliphatic carbocycles. The fraction of sp³-hybridized carbons (Fsp3) is 0.500. The van der Waals surface area contributed by atoms with Crippen molar-refractivity contribution in [1.29, 1.82) is 0 Å². The van der Waals surface area contributed by atoms with Crippen LogP contribution in [0.4, 0.5) is 10.1 Å². The summed E-state index contributed by atoms with van der Waals surface area (Å²) in [4.78, 5) is 0. The molecule has 0 unspecified atom stereocenters. The predicted octanol–water partition coefficient (Wildman–Crippen LogP) is 2.74. The molecule has 3 atom stereocenters. The van der Waals surface area contributed by atoms with Gasteiger partial charge in [0.2, 0.25) is 0 Å². The Bertz CT molecular complexity index is 331. The number of benzene rings is 1. The molecular formula is C12H16FNO2. The fourth-order valence-electron chi connectivity index (χ4n) is 1.83. The Kier molecular flexibility index (Phi) is 3.41. The molecule has 1 aromatic rings. The maximum Gasteiger partial charge on any atom is 0.157 e. The first-order valence-corrected chi connectivity index (χ1v) is 5.46. The van der Waals surface area contributed by atoms with Gasteiger partial charge in [-0.1, -0.05) is 0 Å². The average Bonchev–Trinajstić information content (AvgIpc) is 2.20. The molecule has 0 aromatic heterocycles. The highest BCUT2D eigenvalue weighted by atomic mass is 19.1. The second-order valence-corrected chi connectivity index (χ2v) is 4.03. The summed E-state index contributed by atoms with van der Waals surface area (Å²) >= 11 is 0. The van der Waals surface area contributed by atoms with Gasteiger partial charge >= 0.3 is 0 Å². The van der Waals surface area contributed by atoms with Gasteiger partial charge in [0.05, 0.1) is 6.10 Å². The molecule has 0 radical (unpaired) electrons. The highest BCUT2D eigenvalue weighted by molar-refractivity contribution is 5.43. The van der Waals surface area contributed by atoms with Crippen LogP contribution in [-0.4, -0.2) is 18.6 Å². The molecule has 1 aliphatic rings. The molecule has 4 heteroatoms.